The van der Waals surface area contributed by atoms with Crippen LogP contribution in [0, 0.1) is 23.6 Å². The highest BCUT2D eigenvalue weighted by Gasteiger charge is 2.58. The van der Waals surface area contributed by atoms with Gasteiger partial charge in [-0.1, -0.05) is 12.1 Å². The van der Waals surface area contributed by atoms with Crippen LogP contribution in [0.3, 0.4) is 0 Å². The zero-order chi connectivity index (χ0) is 22.6. The number of aliphatic hydroxyl groups excluding tert-OH is 1. The molecule has 1 aromatic carbocycles. The minimum absolute atomic E-state index is 0.00607. The second kappa shape index (κ2) is 7.85. The summed E-state index contributed by atoms with van der Waals surface area (Å²) in [6, 6.07) is 8.19. The Labute approximate surface area is 184 Å². The number of hydrogen-bond acceptors (Lipinski definition) is 4. The van der Waals surface area contributed by atoms with Crippen LogP contribution in [-0.2, 0) is 16.1 Å². The van der Waals surface area contributed by atoms with Gasteiger partial charge in [0.15, 0.2) is 0 Å². The van der Waals surface area contributed by atoms with E-state index >= 15 is 0 Å². The van der Waals surface area contributed by atoms with E-state index in [9.17, 15) is 23.9 Å². The van der Waals surface area contributed by atoms with Crippen LogP contribution in [0.1, 0.15) is 31.5 Å². The smallest absolute Gasteiger partial charge is 0.258 e. The van der Waals surface area contributed by atoms with E-state index in [1.165, 1.54) is 12.1 Å². The lowest BCUT2D eigenvalue weighted by Crippen LogP contribution is -2.49. The summed E-state index contributed by atoms with van der Waals surface area (Å²) in [5.74, 6) is -1.71. The summed E-state index contributed by atoms with van der Waals surface area (Å²) in [6.07, 6.45) is 1.67. The molecule has 1 saturated heterocycles. The van der Waals surface area contributed by atoms with Crippen molar-refractivity contribution in [3.63, 3.8) is 0 Å². The molecule has 32 heavy (non-hydrogen) atoms. The SMILES string of the molecule is CCNC(=O)[C@H]1[C@H](CO)[C@H]2Cn3c(ccc(-c4ccc(F)cc4)c3=O)[C@@H]1N2C(=O)C1CC1. The van der Waals surface area contributed by atoms with Gasteiger partial charge in [0.2, 0.25) is 11.8 Å². The van der Waals surface area contributed by atoms with E-state index in [2.05, 4.69) is 5.32 Å². The van der Waals surface area contributed by atoms with E-state index in [4.69, 9.17) is 0 Å². The maximum atomic E-state index is 13.4. The second-order valence-electron chi connectivity index (χ2n) is 8.89. The molecule has 7 nitrogen and oxygen atoms in total. The van der Waals surface area contributed by atoms with E-state index in [-0.39, 0.29) is 42.3 Å². The van der Waals surface area contributed by atoms with E-state index in [0.717, 1.165) is 12.8 Å². The van der Waals surface area contributed by atoms with Crippen molar-refractivity contribution in [3.8, 4) is 11.1 Å². The fourth-order valence-electron chi connectivity index (χ4n) is 5.39. The summed E-state index contributed by atoms with van der Waals surface area (Å²) in [6.45, 7) is 2.25. The maximum Gasteiger partial charge on any atom is 0.258 e. The highest BCUT2D eigenvalue weighted by atomic mass is 19.1. The quantitative estimate of drug-likeness (QED) is 0.742. The van der Waals surface area contributed by atoms with Gasteiger partial charge in [-0.3, -0.25) is 14.4 Å². The molecule has 2 aromatic rings. The Morgan fingerprint density at radius 3 is 2.50 bits per heavy atom. The van der Waals surface area contributed by atoms with Gasteiger partial charge in [-0.15, -0.1) is 0 Å². The monoisotopic (exact) mass is 439 g/mol. The van der Waals surface area contributed by atoms with Crippen molar-refractivity contribution >= 4 is 11.8 Å². The maximum absolute atomic E-state index is 13.4. The standard InChI is InChI=1S/C24H26FN3O4/c1-2-26-22(30)20-17(12-29)19-11-27-18(21(20)28(19)23(31)14-3-4-14)10-9-16(24(27)32)13-5-7-15(25)8-6-13/h5-10,14,17,19-21,29H,2-4,11-12H2,1H3,(H,26,30)/t17-,19-,20+,21+/m1/s1. The van der Waals surface area contributed by atoms with Gasteiger partial charge in [-0.05, 0) is 49.6 Å². The van der Waals surface area contributed by atoms with Gasteiger partial charge in [0.1, 0.15) is 5.82 Å². The zero-order valence-electron chi connectivity index (χ0n) is 17.8. The highest BCUT2D eigenvalue weighted by molar-refractivity contribution is 5.86. The number of hydrogen-bond donors (Lipinski definition) is 2. The fourth-order valence-corrected chi connectivity index (χ4v) is 5.39. The third kappa shape index (κ3) is 3.16. The second-order valence-corrected chi connectivity index (χ2v) is 8.89. The van der Waals surface area contributed by atoms with Crippen LogP contribution in [0.4, 0.5) is 4.39 Å². The summed E-state index contributed by atoms with van der Waals surface area (Å²) in [5.41, 5.74) is 1.41. The number of carbonyl (C=O) groups is 2. The fraction of sp³-hybridized carbons (Fsp3) is 0.458. The number of nitrogens with zero attached hydrogens (tertiary/aromatic N) is 2. The number of aliphatic hydroxyl groups is 1. The molecule has 3 aliphatic rings. The Hall–Kier alpha value is -3.00. The van der Waals surface area contributed by atoms with Crippen molar-refractivity contribution in [1.29, 1.82) is 0 Å². The average molecular weight is 439 g/mol. The molecule has 168 valence electrons. The molecular weight excluding hydrogens is 413 g/mol. The molecule has 1 saturated carbocycles. The van der Waals surface area contributed by atoms with Crippen LogP contribution in [-0.4, -0.2) is 45.6 Å². The van der Waals surface area contributed by atoms with Gasteiger partial charge in [0.05, 0.1) is 18.0 Å². The van der Waals surface area contributed by atoms with E-state index in [1.807, 2.05) is 6.92 Å². The van der Waals surface area contributed by atoms with E-state index < -0.39 is 23.9 Å². The molecule has 0 unspecified atom stereocenters. The summed E-state index contributed by atoms with van der Waals surface area (Å²) >= 11 is 0. The number of nitrogens with one attached hydrogen (secondary N) is 1. The lowest BCUT2D eigenvalue weighted by molar-refractivity contribution is -0.138. The molecule has 2 amide bonds. The minimum Gasteiger partial charge on any atom is -0.396 e. The molecule has 0 radical (unpaired) electrons. The molecule has 1 aromatic heterocycles. The van der Waals surface area contributed by atoms with Gasteiger partial charge in [0, 0.05) is 42.8 Å². The van der Waals surface area contributed by atoms with Crippen LogP contribution in [0.25, 0.3) is 11.1 Å². The number of halogens is 1. The highest BCUT2D eigenvalue weighted by Crippen LogP contribution is 2.50. The van der Waals surface area contributed by atoms with Crippen LogP contribution < -0.4 is 10.9 Å². The van der Waals surface area contributed by atoms with Gasteiger partial charge in [0.25, 0.3) is 5.56 Å². The molecule has 4 atom stereocenters. The Morgan fingerprint density at radius 2 is 1.88 bits per heavy atom. The molecule has 2 bridgehead atoms. The summed E-state index contributed by atoms with van der Waals surface area (Å²) < 4.78 is 15.0. The first-order valence-electron chi connectivity index (χ1n) is 11.2. The number of carbonyl (C=O) groups excluding carboxylic acids is 2. The third-order valence-corrected chi connectivity index (χ3v) is 7.03. The van der Waals surface area contributed by atoms with Crippen LogP contribution >= 0.6 is 0 Å². The van der Waals surface area contributed by atoms with Crippen molar-refractivity contribution < 1.29 is 19.1 Å². The van der Waals surface area contributed by atoms with Crippen LogP contribution in [0.2, 0.25) is 0 Å². The topological polar surface area (TPSA) is 91.6 Å². The van der Waals surface area contributed by atoms with Crippen molar-refractivity contribution in [2.45, 2.75) is 38.4 Å². The Balaban J connectivity index is 1.64. The minimum atomic E-state index is -0.627. The van der Waals surface area contributed by atoms with E-state index in [0.29, 0.717) is 23.4 Å². The number of amides is 2. The predicted octanol–water partition coefficient (Wildman–Crippen LogP) is 1.69. The Kier molecular flexibility index (Phi) is 5.12. The van der Waals surface area contributed by atoms with Crippen molar-refractivity contribution in [3.05, 3.63) is 58.3 Å². The van der Waals surface area contributed by atoms with E-state index in [1.54, 1.807) is 33.7 Å². The number of fused-ring (bicyclic) bond motifs is 4. The lowest BCUT2D eigenvalue weighted by atomic mass is 9.86. The number of aromatic nitrogens is 1. The van der Waals surface area contributed by atoms with Crippen molar-refractivity contribution in [2.24, 2.45) is 17.8 Å². The first-order valence-corrected chi connectivity index (χ1v) is 11.2. The molecule has 2 fully saturated rings. The number of rotatable bonds is 5. The largest absolute Gasteiger partial charge is 0.396 e. The summed E-state index contributed by atoms with van der Waals surface area (Å²) in [5, 5.41) is 13.1. The molecular formula is C24H26FN3O4. The molecule has 8 heteroatoms. The summed E-state index contributed by atoms with van der Waals surface area (Å²) in [7, 11) is 0. The van der Waals surface area contributed by atoms with Crippen LogP contribution in [0.5, 0.6) is 0 Å². The molecule has 3 heterocycles. The van der Waals surface area contributed by atoms with Crippen molar-refractivity contribution in [1.82, 2.24) is 14.8 Å². The molecule has 1 aliphatic carbocycles. The predicted molar refractivity (Wildman–Crippen MR) is 115 cm³/mol. The molecule has 0 spiro atoms. The lowest BCUT2D eigenvalue weighted by Gasteiger charge is -2.38. The first kappa shape index (κ1) is 20.9. The third-order valence-electron chi connectivity index (χ3n) is 7.03. The van der Waals surface area contributed by atoms with Crippen molar-refractivity contribution in [2.75, 3.05) is 13.2 Å². The average Bonchev–Trinajstić information content (AvgIpc) is 3.60. The van der Waals surface area contributed by atoms with Gasteiger partial charge >= 0.3 is 0 Å². The van der Waals surface area contributed by atoms with Gasteiger partial charge < -0.3 is 19.9 Å². The molecule has 5 rings (SSSR count). The zero-order valence-corrected chi connectivity index (χ0v) is 17.8. The number of pyridine rings is 1. The molecule has 2 N–H and O–H groups in total. The number of benzene rings is 1. The van der Waals surface area contributed by atoms with Gasteiger partial charge in [-0.25, -0.2) is 4.39 Å². The first-order chi connectivity index (χ1) is 15.5. The van der Waals surface area contributed by atoms with Gasteiger partial charge in [-0.2, -0.15) is 0 Å². The Bertz CT molecular complexity index is 1130. The molecule has 2 aliphatic heterocycles. The van der Waals surface area contributed by atoms with Crippen LogP contribution in [0.15, 0.2) is 41.2 Å². The normalized spacial score (nSPS) is 26.0. The Morgan fingerprint density at radius 1 is 1.16 bits per heavy atom. The summed E-state index contributed by atoms with van der Waals surface area (Å²) in [4.78, 5) is 41.5.